The Bertz CT molecular complexity index is 386. The van der Waals surface area contributed by atoms with E-state index in [4.69, 9.17) is 18.6 Å². The molecule has 2 fully saturated rings. The Hall–Kier alpha value is -0.880. The molecule has 1 N–H and O–H groups in total. The second-order valence-electron chi connectivity index (χ2n) is 4.86. The smallest absolute Gasteiger partial charge is 0.164 e. The highest BCUT2D eigenvalue weighted by Crippen LogP contribution is 2.44. The van der Waals surface area contributed by atoms with Crippen LogP contribution < -0.4 is 0 Å². The van der Waals surface area contributed by atoms with Crippen LogP contribution in [0, 0.1) is 0 Å². The molecule has 0 bridgehead atoms. The fraction of sp³-hybridized carbons (Fsp3) is 0.667. The van der Waals surface area contributed by atoms with Gasteiger partial charge < -0.3 is 23.7 Å². The minimum absolute atomic E-state index is 0.0855. The van der Waals surface area contributed by atoms with Crippen LogP contribution in [0.4, 0.5) is 0 Å². The molecule has 94 valence electrons. The van der Waals surface area contributed by atoms with Crippen molar-refractivity contribution in [1.82, 2.24) is 0 Å². The standard InChI is InChI=1S/C12H16O5/c1-12(2)16-10-8(6-13)15-9(11(10)17-12)7-4-3-5-14-7/h3-5,8-11,13H,6H2,1-2H3/t8-,9+,10-,11+/m1/s1. The summed E-state index contributed by atoms with van der Waals surface area (Å²) < 4.78 is 22.6. The maximum atomic E-state index is 9.31. The van der Waals surface area contributed by atoms with E-state index in [0.29, 0.717) is 5.76 Å². The summed E-state index contributed by atoms with van der Waals surface area (Å²) in [6, 6.07) is 3.65. The van der Waals surface area contributed by atoms with Crippen molar-refractivity contribution in [3.63, 3.8) is 0 Å². The Morgan fingerprint density at radius 2 is 2.06 bits per heavy atom. The predicted molar refractivity (Wildman–Crippen MR) is 57.2 cm³/mol. The van der Waals surface area contributed by atoms with E-state index in [0.717, 1.165) is 0 Å². The molecular weight excluding hydrogens is 224 g/mol. The second-order valence-corrected chi connectivity index (χ2v) is 4.86. The molecule has 4 atom stereocenters. The second kappa shape index (κ2) is 3.81. The van der Waals surface area contributed by atoms with E-state index < -0.39 is 5.79 Å². The third-order valence-electron chi connectivity index (χ3n) is 3.15. The average molecular weight is 240 g/mol. The van der Waals surface area contributed by atoms with Crippen LogP contribution in [-0.4, -0.2) is 35.8 Å². The number of aliphatic hydroxyl groups is 1. The van der Waals surface area contributed by atoms with Crippen molar-refractivity contribution in [1.29, 1.82) is 0 Å². The van der Waals surface area contributed by atoms with E-state index in [1.807, 2.05) is 19.9 Å². The summed E-state index contributed by atoms with van der Waals surface area (Å²) in [5, 5.41) is 9.31. The monoisotopic (exact) mass is 240 g/mol. The molecular formula is C12H16O5. The van der Waals surface area contributed by atoms with Gasteiger partial charge in [0.15, 0.2) is 5.79 Å². The van der Waals surface area contributed by atoms with Gasteiger partial charge in [-0.05, 0) is 26.0 Å². The zero-order valence-electron chi connectivity index (χ0n) is 9.83. The molecule has 5 nitrogen and oxygen atoms in total. The molecule has 0 saturated carbocycles. The fourth-order valence-corrected chi connectivity index (χ4v) is 2.51. The van der Waals surface area contributed by atoms with E-state index in [1.54, 1.807) is 12.3 Å². The third kappa shape index (κ3) is 1.79. The molecule has 0 unspecified atom stereocenters. The maximum Gasteiger partial charge on any atom is 0.164 e. The molecule has 2 saturated heterocycles. The minimum Gasteiger partial charge on any atom is -0.466 e. The van der Waals surface area contributed by atoms with Crippen LogP contribution in [-0.2, 0) is 14.2 Å². The molecule has 0 radical (unpaired) electrons. The third-order valence-corrected chi connectivity index (χ3v) is 3.15. The number of ether oxygens (including phenoxy) is 3. The lowest BCUT2D eigenvalue weighted by atomic mass is 10.1. The molecule has 2 aliphatic rings. The molecule has 5 heteroatoms. The number of furan rings is 1. The van der Waals surface area contributed by atoms with Gasteiger partial charge >= 0.3 is 0 Å². The summed E-state index contributed by atoms with van der Waals surface area (Å²) in [6.07, 6.45) is 0.449. The minimum atomic E-state index is -0.641. The average Bonchev–Trinajstić information content (AvgIpc) is 2.91. The largest absolute Gasteiger partial charge is 0.466 e. The zero-order chi connectivity index (χ0) is 12.0. The van der Waals surface area contributed by atoms with Gasteiger partial charge in [0.05, 0.1) is 12.9 Å². The first-order valence-electron chi connectivity index (χ1n) is 5.76. The van der Waals surface area contributed by atoms with Crippen LogP contribution in [0.5, 0.6) is 0 Å². The van der Waals surface area contributed by atoms with Crippen molar-refractivity contribution in [2.45, 2.75) is 44.1 Å². The zero-order valence-corrected chi connectivity index (χ0v) is 9.83. The topological polar surface area (TPSA) is 61.1 Å². The number of hydrogen-bond donors (Lipinski definition) is 1. The highest BCUT2D eigenvalue weighted by atomic mass is 16.8. The SMILES string of the molecule is CC1(C)O[C@@H]2[C@H](O1)[C@@H](CO)O[C@H]2c1ccco1. The van der Waals surface area contributed by atoms with Gasteiger partial charge in [0, 0.05) is 0 Å². The Morgan fingerprint density at radius 3 is 2.71 bits per heavy atom. The van der Waals surface area contributed by atoms with Crippen molar-refractivity contribution in [3.8, 4) is 0 Å². The Kier molecular flexibility index (Phi) is 2.52. The quantitative estimate of drug-likeness (QED) is 0.842. The van der Waals surface area contributed by atoms with Gasteiger partial charge in [0.25, 0.3) is 0 Å². The lowest BCUT2D eigenvalue weighted by molar-refractivity contribution is -0.192. The van der Waals surface area contributed by atoms with Gasteiger partial charge in [-0.25, -0.2) is 0 Å². The summed E-state index contributed by atoms with van der Waals surface area (Å²) in [6.45, 7) is 3.63. The van der Waals surface area contributed by atoms with Gasteiger partial charge in [0.1, 0.15) is 30.2 Å². The van der Waals surface area contributed by atoms with Crippen LogP contribution in [0.25, 0.3) is 0 Å². The van der Waals surface area contributed by atoms with Gasteiger partial charge in [0.2, 0.25) is 0 Å². The lowest BCUT2D eigenvalue weighted by Crippen LogP contribution is -2.31. The molecule has 3 rings (SSSR count). The summed E-state index contributed by atoms with van der Waals surface area (Å²) >= 11 is 0. The Balaban J connectivity index is 1.88. The van der Waals surface area contributed by atoms with E-state index in [1.165, 1.54) is 0 Å². The van der Waals surface area contributed by atoms with Gasteiger partial charge in [-0.2, -0.15) is 0 Å². The number of aliphatic hydroxyl groups excluding tert-OH is 1. The van der Waals surface area contributed by atoms with Crippen LogP contribution >= 0.6 is 0 Å². The first kappa shape index (κ1) is 11.2. The molecule has 0 spiro atoms. The van der Waals surface area contributed by atoms with Gasteiger partial charge in [-0.15, -0.1) is 0 Å². The fourth-order valence-electron chi connectivity index (χ4n) is 2.51. The van der Waals surface area contributed by atoms with Gasteiger partial charge in [-0.1, -0.05) is 0 Å². The highest BCUT2D eigenvalue weighted by molar-refractivity contribution is 5.11. The van der Waals surface area contributed by atoms with Crippen LogP contribution in [0.1, 0.15) is 25.7 Å². The molecule has 0 amide bonds. The van der Waals surface area contributed by atoms with E-state index in [9.17, 15) is 5.11 Å². The highest BCUT2D eigenvalue weighted by Gasteiger charge is 2.56. The number of rotatable bonds is 2. The lowest BCUT2D eigenvalue weighted by Gasteiger charge is -2.22. The van der Waals surface area contributed by atoms with Crippen LogP contribution in [0.2, 0.25) is 0 Å². The molecule has 17 heavy (non-hydrogen) atoms. The summed E-state index contributed by atoms with van der Waals surface area (Å²) in [5.74, 6) is 0.0643. The predicted octanol–water partition coefficient (Wildman–Crippen LogP) is 1.23. The first-order chi connectivity index (χ1) is 8.11. The van der Waals surface area contributed by atoms with Crippen molar-refractivity contribution in [2.24, 2.45) is 0 Å². The van der Waals surface area contributed by atoms with Crippen LogP contribution in [0.15, 0.2) is 22.8 Å². The van der Waals surface area contributed by atoms with Crippen molar-refractivity contribution >= 4 is 0 Å². The summed E-state index contributed by atoms with van der Waals surface area (Å²) in [4.78, 5) is 0. The van der Waals surface area contributed by atoms with E-state index in [2.05, 4.69) is 0 Å². The molecule has 0 aromatic carbocycles. The normalized spacial score (nSPS) is 39.5. The number of hydrogen-bond acceptors (Lipinski definition) is 5. The van der Waals surface area contributed by atoms with Crippen molar-refractivity contribution < 1.29 is 23.7 Å². The molecule has 0 aliphatic carbocycles. The van der Waals surface area contributed by atoms with Gasteiger partial charge in [-0.3, -0.25) is 0 Å². The van der Waals surface area contributed by atoms with Crippen molar-refractivity contribution in [3.05, 3.63) is 24.2 Å². The number of fused-ring (bicyclic) bond motifs is 1. The first-order valence-corrected chi connectivity index (χ1v) is 5.76. The summed E-state index contributed by atoms with van der Waals surface area (Å²) in [5.41, 5.74) is 0. The van der Waals surface area contributed by atoms with Crippen molar-refractivity contribution in [2.75, 3.05) is 6.61 Å². The Morgan fingerprint density at radius 1 is 1.29 bits per heavy atom. The summed E-state index contributed by atoms with van der Waals surface area (Å²) in [7, 11) is 0. The van der Waals surface area contributed by atoms with E-state index in [-0.39, 0.29) is 31.0 Å². The van der Waals surface area contributed by atoms with Crippen LogP contribution in [0.3, 0.4) is 0 Å². The maximum absolute atomic E-state index is 9.31. The molecule has 2 aliphatic heterocycles. The molecule has 1 aromatic heterocycles. The Labute approximate surface area is 99.3 Å². The molecule has 1 aromatic rings. The molecule has 3 heterocycles. The van der Waals surface area contributed by atoms with E-state index >= 15 is 0 Å².